The van der Waals surface area contributed by atoms with Gasteiger partial charge in [0.1, 0.15) is 0 Å². The first kappa shape index (κ1) is 16.3. The van der Waals surface area contributed by atoms with Crippen molar-refractivity contribution in [2.45, 2.75) is 20.3 Å². The van der Waals surface area contributed by atoms with E-state index in [0.717, 1.165) is 17.6 Å². The van der Waals surface area contributed by atoms with Crippen LogP contribution < -0.4 is 0 Å². The SMILES string of the molecule is CCOC(=O)N1C=Cc2nc3ccccc3c(C)c2CC1.Cl. The number of hydrogen-bond donors (Lipinski definition) is 0. The fraction of sp³-hybridized carbons (Fsp3) is 0.294. The molecule has 0 unspecified atom stereocenters. The van der Waals surface area contributed by atoms with Crippen LogP contribution in [0.3, 0.4) is 0 Å². The lowest BCUT2D eigenvalue weighted by Gasteiger charge is -2.16. The molecule has 0 spiro atoms. The van der Waals surface area contributed by atoms with Gasteiger partial charge in [-0.2, -0.15) is 0 Å². The number of amides is 1. The maximum Gasteiger partial charge on any atom is 0.413 e. The van der Waals surface area contributed by atoms with Crippen molar-refractivity contribution >= 4 is 35.5 Å². The Labute approximate surface area is 136 Å². The first-order valence-corrected chi connectivity index (χ1v) is 7.20. The van der Waals surface area contributed by atoms with Crippen LogP contribution in [0.1, 0.15) is 23.7 Å². The van der Waals surface area contributed by atoms with Crippen molar-refractivity contribution in [3.63, 3.8) is 0 Å². The zero-order chi connectivity index (χ0) is 14.8. The van der Waals surface area contributed by atoms with E-state index >= 15 is 0 Å². The van der Waals surface area contributed by atoms with E-state index < -0.39 is 0 Å². The van der Waals surface area contributed by atoms with Gasteiger partial charge in [-0.25, -0.2) is 9.78 Å². The van der Waals surface area contributed by atoms with E-state index in [1.807, 2.05) is 31.2 Å². The van der Waals surface area contributed by atoms with Crippen LogP contribution in [0.5, 0.6) is 0 Å². The molecule has 0 saturated heterocycles. The van der Waals surface area contributed by atoms with Crippen molar-refractivity contribution in [3.05, 3.63) is 47.3 Å². The van der Waals surface area contributed by atoms with E-state index in [1.165, 1.54) is 16.5 Å². The Morgan fingerprint density at radius 3 is 2.91 bits per heavy atom. The Morgan fingerprint density at radius 2 is 2.14 bits per heavy atom. The maximum absolute atomic E-state index is 11.9. The first-order chi connectivity index (χ1) is 10.2. The highest BCUT2D eigenvalue weighted by atomic mass is 35.5. The lowest BCUT2D eigenvalue weighted by Crippen LogP contribution is -2.27. The van der Waals surface area contributed by atoms with Crippen LogP contribution in [0.15, 0.2) is 30.5 Å². The minimum atomic E-state index is -0.302. The number of halogens is 1. The summed E-state index contributed by atoms with van der Waals surface area (Å²) in [4.78, 5) is 18.2. The molecular formula is C17H19ClN2O2. The molecule has 5 heteroatoms. The van der Waals surface area contributed by atoms with Crippen LogP contribution in [0.25, 0.3) is 17.0 Å². The van der Waals surface area contributed by atoms with E-state index in [9.17, 15) is 4.79 Å². The molecular weight excluding hydrogens is 300 g/mol. The van der Waals surface area contributed by atoms with E-state index in [2.05, 4.69) is 13.0 Å². The number of rotatable bonds is 1. The van der Waals surface area contributed by atoms with Crippen molar-refractivity contribution in [1.82, 2.24) is 9.88 Å². The van der Waals surface area contributed by atoms with Crippen molar-refractivity contribution in [1.29, 1.82) is 0 Å². The molecule has 3 rings (SSSR count). The molecule has 22 heavy (non-hydrogen) atoms. The molecule has 0 atom stereocenters. The number of benzene rings is 1. The van der Waals surface area contributed by atoms with Gasteiger partial charge in [0.15, 0.2) is 0 Å². The average Bonchev–Trinajstić information content (AvgIpc) is 2.71. The third-order valence-corrected chi connectivity index (χ3v) is 3.83. The Bertz CT molecular complexity index is 728. The minimum Gasteiger partial charge on any atom is -0.449 e. The van der Waals surface area contributed by atoms with Gasteiger partial charge in [-0.1, -0.05) is 18.2 Å². The molecule has 0 bridgehead atoms. The van der Waals surface area contributed by atoms with Crippen LogP contribution in [0, 0.1) is 6.92 Å². The van der Waals surface area contributed by atoms with E-state index in [4.69, 9.17) is 9.72 Å². The molecule has 0 aliphatic carbocycles. The number of pyridine rings is 1. The summed E-state index contributed by atoms with van der Waals surface area (Å²) in [5.74, 6) is 0. The first-order valence-electron chi connectivity index (χ1n) is 7.20. The zero-order valence-electron chi connectivity index (χ0n) is 12.7. The number of carbonyl (C=O) groups excluding carboxylic acids is 1. The van der Waals surface area contributed by atoms with Crippen molar-refractivity contribution in [2.24, 2.45) is 0 Å². The van der Waals surface area contributed by atoms with Crippen LogP contribution in [0.4, 0.5) is 4.79 Å². The third kappa shape index (κ3) is 2.92. The van der Waals surface area contributed by atoms with Crippen LogP contribution >= 0.6 is 12.4 Å². The van der Waals surface area contributed by atoms with E-state index in [1.54, 1.807) is 11.1 Å². The molecule has 0 N–H and O–H groups in total. The summed E-state index contributed by atoms with van der Waals surface area (Å²) in [6.07, 6.45) is 4.15. The second-order valence-corrected chi connectivity index (χ2v) is 5.08. The van der Waals surface area contributed by atoms with E-state index in [-0.39, 0.29) is 18.5 Å². The van der Waals surface area contributed by atoms with Gasteiger partial charge in [0.05, 0.1) is 17.8 Å². The molecule has 2 aromatic rings. The molecule has 1 aromatic carbocycles. The van der Waals surface area contributed by atoms with Gasteiger partial charge in [0.25, 0.3) is 0 Å². The Morgan fingerprint density at radius 1 is 1.36 bits per heavy atom. The molecule has 1 aromatic heterocycles. The number of aryl methyl sites for hydroxylation is 1. The highest BCUT2D eigenvalue weighted by molar-refractivity contribution is 5.85. The normalized spacial score (nSPS) is 13.3. The summed E-state index contributed by atoms with van der Waals surface area (Å²) in [6.45, 7) is 4.93. The van der Waals surface area contributed by atoms with Gasteiger partial charge < -0.3 is 4.74 Å². The summed E-state index contributed by atoms with van der Waals surface area (Å²) in [7, 11) is 0. The Hall–Kier alpha value is -2.07. The summed E-state index contributed by atoms with van der Waals surface area (Å²) in [5, 5.41) is 1.18. The number of aromatic nitrogens is 1. The fourth-order valence-corrected chi connectivity index (χ4v) is 2.72. The van der Waals surface area contributed by atoms with Crippen LogP contribution in [-0.4, -0.2) is 29.1 Å². The molecule has 0 fully saturated rings. The predicted molar refractivity (Wildman–Crippen MR) is 90.2 cm³/mol. The van der Waals surface area contributed by atoms with E-state index in [0.29, 0.717) is 13.2 Å². The lowest BCUT2D eigenvalue weighted by atomic mass is 9.99. The van der Waals surface area contributed by atoms with Gasteiger partial charge in [0.2, 0.25) is 0 Å². The quantitative estimate of drug-likeness (QED) is 0.799. The Balaban J connectivity index is 0.00000176. The van der Waals surface area contributed by atoms with Crippen molar-refractivity contribution in [3.8, 4) is 0 Å². The van der Waals surface area contributed by atoms with Crippen molar-refractivity contribution < 1.29 is 9.53 Å². The molecule has 0 saturated carbocycles. The summed E-state index contributed by atoms with van der Waals surface area (Å²) >= 11 is 0. The van der Waals surface area contributed by atoms with Gasteiger partial charge >= 0.3 is 6.09 Å². The molecule has 0 radical (unpaired) electrons. The topological polar surface area (TPSA) is 42.4 Å². The molecule has 1 aliphatic heterocycles. The number of ether oxygens (including phenoxy) is 1. The second-order valence-electron chi connectivity index (χ2n) is 5.08. The fourth-order valence-electron chi connectivity index (χ4n) is 2.72. The standard InChI is InChI=1S/C17H18N2O2.ClH/c1-3-21-17(20)19-10-8-14-12(2)13-6-4-5-7-15(13)18-16(14)9-11-19;/h4-7,9,11H,3,8,10H2,1-2H3;1H. The molecule has 1 amide bonds. The number of nitrogens with zero attached hydrogens (tertiary/aromatic N) is 2. The van der Waals surface area contributed by atoms with Crippen molar-refractivity contribution in [2.75, 3.05) is 13.2 Å². The molecule has 1 aliphatic rings. The van der Waals surface area contributed by atoms with Gasteiger partial charge in [-0.05, 0) is 43.5 Å². The van der Waals surface area contributed by atoms with Crippen LogP contribution in [0.2, 0.25) is 0 Å². The number of para-hydroxylation sites is 1. The van der Waals surface area contributed by atoms with Gasteiger partial charge in [-0.3, -0.25) is 4.90 Å². The number of carbonyl (C=O) groups is 1. The Kier molecular flexibility index (Phi) is 5.03. The summed E-state index contributed by atoms with van der Waals surface area (Å²) in [5.41, 5.74) is 4.38. The largest absolute Gasteiger partial charge is 0.449 e. The minimum absolute atomic E-state index is 0. The smallest absolute Gasteiger partial charge is 0.413 e. The molecule has 2 heterocycles. The second kappa shape index (κ2) is 6.79. The third-order valence-electron chi connectivity index (χ3n) is 3.83. The molecule has 116 valence electrons. The summed E-state index contributed by atoms with van der Waals surface area (Å²) < 4.78 is 5.06. The monoisotopic (exact) mass is 318 g/mol. The number of hydrogen-bond acceptors (Lipinski definition) is 3. The lowest BCUT2D eigenvalue weighted by molar-refractivity contribution is 0.123. The summed E-state index contributed by atoms with van der Waals surface area (Å²) in [6, 6.07) is 8.13. The zero-order valence-corrected chi connectivity index (χ0v) is 13.5. The number of fused-ring (bicyclic) bond motifs is 2. The van der Waals surface area contributed by atoms with Gasteiger partial charge in [0, 0.05) is 18.1 Å². The highest BCUT2D eigenvalue weighted by Crippen LogP contribution is 2.26. The average molecular weight is 319 g/mol. The van der Waals surface area contributed by atoms with Gasteiger partial charge in [-0.15, -0.1) is 12.4 Å². The predicted octanol–water partition coefficient (Wildman–Crippen LogP) is 3.95. The van der Waals surface area contributed by atoms with Crippen LogP contribution in [-0.2, 0) is 11.2 Å². The highest BCUT2D eigenvalue weighted by Gasteiger charge is 2.18. The molecule has 4 nitrogen and oxygen atoms in total. The maximum atomic E-state index is 11.9.